The van der Waals surface area contributed by atoms with Crippen LogP contribution in [-0.4, -0.2) is 25.0 Å². The molecule has 5 N–H and O–H groups in total. The van der Waals surface area contributed by atoms with Crippen LogP contribution < -0.4 is 17.0 Å². The maximum absolute atomic E-state index is 11.3. The summed E-state index contributed by atoms with van der Waals surface area (Å²) in [4.78, 5) is 17.5. The Morgan fingerprint density at radius 2 is 2.29 bits per heavy atom. The number of hydrogen-bond donors (Lipinski definition) is 3. The Bertz CT molecular complexity index is 524. The first kappa shape index (κ1) is 8.63. The standard InChI is InChI=1S/C6H9N7O/c1-2(7)13-4-3(11-12-13)5(14)10-6(8)9-4/h2H,7H2,1H3,(H3,8,9,10,14). The summed E-state index contributed by atoms with van der Waals surface area (Å²) in [5.74, 6) is 0.0201. The monoisotopic (exact) mass is 195 g/mol. The van der Waals surface area contributed by atoms with E-state index in [1.807, 2.05) is 0 Å². The van der Waals surface area contributed by atoms with E-state index in [0.29, 0.717) is 5.65 Å². The van der Waals surface area contributed by atoms with Crippen LogP contribution in [-0.2, 0) is 0 Å². The van der Waals surface area contributed by atoms with Crippen LogP contribution in [0.4, 0.5) is 5.95 Å². The lowest BCUT2D eigenvalue weighted by molar-refractivity contribution is 0.505. The number of nitrogens with one attached hydrogen (secondary N) is 1. The van der Waals surface area contributed by atoms with Crippen LogP contribution in [0.2, 0.25) is 0 Å². The average Bonchev–Trinajstić information content (AvgIpc) is 2.47. The van der Waals surface area contributed by atoms with Gasteiger partial charge in [-0.25, -0.2) is 4.68 Å². The summed E-state index contributed by atoms with van der Waals surface area (Å²) in [6.07, 6.45) is -0.409. The van der Waals surface area contributed by atoms with Gasteiger partial charge in [-0.3, -0.25) is 9.78 Å². The van der Waals surface area contributed by atoms with Gasteiger partial charge < -0.3 is 11.5 Å². The largest absolute Gasteiger partial charge is 0.369 e. The first-order chi connectivity index (χ1) is 6.59. The van der Waals surface area contributed by atoms with Crippen LogP contribution in [0.25, 0.3) is 11.2 Å². The second kappa shape index (κ2) is 2.77. The Hall–Kier alpha value is -1.96. The minimum Gasteiger partial charge on any atom is -0.369 e. The third-order valence-electron chi connectivity index (χ3n) is 1.74. The molecular weight excluding hydrogens is 186 g/mol. The summed E-state index contributed by atoms with van der Waals surface area (Å²) in [5, 5.41) is 7.35. The number of nitrogen functional groups attached to an aromatic ring is 1. The lowest BCUT2D eigenvalue weighted by Gasteiger charge is -2.03. The summed E-state index contributed by atoms with van der Waals surface area (Å²) in [6.45, 7) is 1.70. The number of rotatable bonds is 1. The van der Waals surface area contributed by atoms with E-state index in [9.17, 15) is 4.79 Å². The maximum Gasteiger partial charge on any atom is 0.282 e. The highest BCUT2D eigenvalue weighted by molar-refractivity contribution is 5.69. The third kappa shape index (κ3) is 1.12. The molecule has 2 rings (SSSR count). The van der Waals surface area contributed by atoms with Crippen molar-refractivity contribution in [3.8, 4) is 0 Å². The quantitative estimate of drug-likeness (QED) is 0.511. The molecule has 2 aromatic heterocycles. The summed E-state index contributed by atoms with van der Waals surface area (Å²) < 4.78 is 1.33. The molecule has 0 aliphatic carbocycles. The Morgan fingerprint density at radius 1 is 1.57 bits per heavy atom. The normalized spacial score (nSPS) is 13.3. The Labute approximate surface area is 77.9 Å². The number of aromatic amines is 1. The fourth-order valence-corrected chi connectivity index (χ4v) is 1.13. The van der Waals surface area contributed by atoms with Gasteiger partial charge >= 0.3 is 0 Å². The summed E-state index contributed by atoms with van der Waals surface area (Å²) in [5.41, 5.74) is 11.0. The van der Waals surface area contributed by atoms with E-state index >= 15 is 0 Å². The predicted molar refractivity (Wildman–Crippen MR) is 49.3 cm³/mol. The maximum atomic E-state index is 11.3. The molecule has 1 unspecified atom stereocenters. The summed E-state index contributed by atoms with van der Waals surface area (Å²) in [7, 11) is 0. The summed E-state index contributed by atoms with van der Waals surface area (Å²) in [6, 6.07) is 0. The molecule has 0 aliphatic rings. The van der Waals surface area contributed by atoms with Gasteiger partial charge in [-0.15, -0.1) is 5.10 Å². The molecule has 0 spiro atoms. The van der Waals surface area contributed by atoms with E-state index in [0.717, 1.165) is 0 Å². The molecule has 2 aromatic rings. The van der Waals surface area contributed by atoms with Gasteiger partial charge in [0.05, 0.1) is 0 Å². The number of fused-ring (bicyclic) bond motifs is 1. The van der Waals surface area contributed by atoms with Crippen molar-refractivity contribution in [2.75, 3.05) is 5.73 Å². The van der Waals surface area contributed by atoms with Crippen LogP contribution >= 0.6 is 0 Å². The van der Waals surface area contributed by atoms with E-state index < -0.39 is 11.7 Å². The highest BCUT2D eigenvalue weighted by atomic mass is 16.1. The molecule has 14 heavy (non-hydrogen) atoms. The Kier molecular flexibility index (Phi) is 1.71. The third-order valence-corrected chi connectivity index (χ3v) is 1.74. The molecule has 74 valence electrons. The van der Waals surface area contributed by atoms with Crippen LogP contribution in [0.1, 0.15) is 13.1 Å². The molecule has 1 atom stereocenters. The second-order valence-electron chi connectivity index (χ2n) is 2.90. The smallest absolute Gasteiger partial charge is 0.282 e. The van der Waals surface area contributed by atoms with Crippen LogP contribution in [0.3, 0.4) is 0 Å². The zero-order valence-corrected chi connectivity index (χ0v) is 7.43. The van der Waals surface area contributed by atoms with Gasteiger partial charge in [0, 0.05) is 0 Å². The minimum absolute atomic E-state index is 0.0201. The number of H-pyrrole nitrogens is 1. The van der Waals surface area contributed by atoms with E-state index in [4.69, 9.17) is 11.5 Å². The highest BCUT2D eigenvalue weighted by Gasteiger charge is 2.12. The lowest BCUT2D eigenvalue weighted by Crippen LogP contribution is -2.18. The van der Waals surface area contributed by atoms with Crippen molar-refractivity contribution in [3.05, 3.63) is 10.4 Å². The number of hydrogen-bond acceptors (Lipinski definition) is 6. The number of anilines is 1. The molecule has 2 heterocycles. The van der Waals surface area contributed by atoms with Gasteiger partial charge in [-0.05, 0) is 6.92 Å². The van der Waals surface area contributed by atoms with Gasteiger partial charge in [-0.1, -0.05) is 5.21 Å². The number of aromatic nitrogens is 5. The van der Waals surface area contributed by atoms with Crippen molar-refractivity contribution in [3.63, 3.8) is 0 Å². The Balaban J connectivity index is 2.85. The van der Waals surface area contributed by atoms with E-state index in [2.05, 4.69) is 20.3 Å². The van der Waals surface area contributed by atoms with Crippen LogP contribution in [0.15, 0.2) is 4.79 Å². The van der Waals surface area contributed by atoms with Gasteiger partial charge in [-0.2, -0.15) is 4.98 Å². The first-order valence-corrected chi connectivity index (χ1v) is 3.96. The molecule has 0 amide bonds. The SMILES string of the molecule is CC(N)n1nnc2c(=O)[nH]c(N)nc21. The molecule has 0 saturated carbocycles. The molecule has 0 aromatic carbocycles. The fraction of sp³-hybridized carbons (Fsp3) is 0.333. The zero-order valence-electron chi connectivity index (χ0n) is 7.43. The van der Waals surface area contributed by atoms with E-state index in [1.54, 1.807) is 6.92 Å². The van der Waals surface area contributed by atoms with E-state index in [1.165, 1.54) is 4.68 Å². The van der Waals surface area contributed by atoms with Crippen molar-refractivity contribution in [1.29, 1.82) is 0 Å². The molecule has 8 nitrogen and oxygen atoms in total. The van der Waals surface area contributed by atoms with Crippen molar-refractivity contribution < 1.29 is 0 Å². The topological polar surface area (TPSA) is 128 Å². The lowest BCUT2D eigenvalue weighted by atomic mass is 10.5. The molecular formula is C6H9N7O. The molecule has 0 radical (unpaired) electrons. The van der Waals surface area contributed by atoms with Crippen molar-refractivity contribution in [1.82, 2.24) is 25.0 Å². The van der Waals surface area contributed by atoms with Gasteiger partial charge in [0.1, 0.15) is 6.17 Å². The summed E-state index contributed by atoms with van der Waals surface area (Å²) >= 11 is 0. The second-order valence-corrected chi connectivity index (χ2v) is 2.90. The first-order valence-electron chi connectivity index (χ1n) is 3.96. The fourth-order valence-electron chi connectivity index (χ4n) is 1.13. The molecule has 0 saturated heterocycles. The van der Waals surface area contributed by atoms with Gasteiger partial charge in [0.25, 0.3) is 5.56 Å². The van der Waals surface area contributed by atoms with Crippen LogP contribution in [0, 0.1) is 0 Å². The predicted octanol–water partition coefficient (Wildman–Crippen LogP) is -1.43. The van der Waals surface area contributed by atoms with Crippen molar-refractivity contribution in [2.24, 2.45) is 5.73 Å². The molecule has 0 bridgehead atoms. The zero-order chi connectivity index (χ0) is 10.3. The Morgan fingerprint density at radius 3 is 2.93 bits per heavy atom. The molecule has 8 heteroatoms. The number of nitrogens with zero attached hydrogens (tertiary/aromatic N) is 4. The molecule has 0 fully saturated rings. The van der Waals surface area contributed by atoms with Crippen LogP contribution in [0.5, 0.6) is 0 Å². The van der Waals surface area contributed by atoms with Gasteiger partial charge in [0.15, 0.2) is 11.2 Å². The highest BCUT2D eigenvalue weighted by Crippen LogP contribution is 2.06. The van der Waals surface area contributed by atoms with Crippen molar-refractivity contribution in [2.45, 2.75) is 13.1 Å². The molecule has 0 aliphatic heterocycles. The number of nitrogens with two attached hydrogens (primary N) is 2. The average molecular weight is 195 g/mol. The van der Waals surface area contributed by atoms with Gasteiger partial charge in [0.2, 0.25) is 5.95 Å². The van der Waals surface area contributed by atoms with E-state index in [-0.39, 0.29) is 11.5 Å². The van der Waals surface area contributed by atoms with Crippen molar-refractivity contribution >= 4 is 17.1 Å². The minimum atomic E-state index is -0.417.